The van der Waals surface area contributed by atoms with E-state index in [9.17, 15) is 8.42 Å². The Balaban J connectivity index is 1.58. The molecule has 26 heavy (non-hydrogen) atoms. The van der Waals surface area contributed by atoms with Crippen molar-refractivity contribution in [3.8, 4) is 0 Å². The average molecular weight is 366 g/mol. The first-order valence-corrected chi connectivity index (χ1v) is 10.1. The lowest BCUT2D eigenvalue weighted by Gasteiger charge is -2.10. The number of hydrogen-bond donors (Lipinski definition) is 2. The Morgan fingerprint density at radius 2 is 1.27 bits per heavy atom. The molecule has 0 aliphatic heterocycles. The normalized spacial score (nSPS) is 11.1. The lowest BCUT2D eigenvalue weighted by molar-refractivity contribution is 0.600. The Labute approximate surface area is 155 Å². The van der Waals surface area contributed by atoms with Crippen LogP contribution in [0.3, 0.4) is 0 Å². The molecule has 0 amide bonds. The second kappa shape index (κ2) is 8.06. The number of hydrogen-bond acceptors (Lipinski definition) is 3. The van der Waals surface area contributed by atoms with Crippen molar-refractivity contribution in [2.24, 2.45) is 0 Å². The van der Waals surface area contributed by atoms with Crippen LogP contribution >= 0.6 is 0 Å². The summed E-state index contributed by atoms with van der Waals surface area (Å²) in [6.45, 7) is 2.04. The maximum absolute atomic E-state index is 12.3. The molecule has 0 unspecified atom stereocenters. The smallest absolute Gasteiger partial charge is 0.233 e. The molecule has 0 aromatic heterocycles. The molecular weight excluding hydrogens is 344 g/mol. The highest BCUT2D eigenvalue weighted by Gasteiger charge is 2.10. The second-order valence-electron chi connectivity index (χ2n) is 6.22. The fraction of sp³-hybridized carbons (Fsp3) is 0.143. The van der Waals surface area contributed by atoms with Crippen LogP contribution in [0.2, 0.25) is 0 Å². The Morgan fingerprint density at radius 3 is 1.88 bits per heavy atom. The van der Waals surface area contributed by atoms with E-state index >= 15 is 0 Å². The summed E-state index contributed by atoms with van der Waals surface area (Å²) in [4.78, 5) is 0. The van der Waals surface area contributed by atoms with Gasteiger partial charge in [-0.1, -0.05) is 48.0 Å². The van der Waals surface area contributed by atoms with Gasteiger partial charge in [-0.2, -0.15) is 0 Å². The highest BCUT2D eigenvalue weighted by atomic mass is 32.2. The molecule has 0 bridgehead atoms. The Hall–Kier alpha value is -2.79. The number of sulfonamides is 1. The van der Waals surface area contributed by atoms with Crippen LogP contribution in [0.1, 0.15) is 11.1 Å². The van der Waals surface area contributed by atoms with Gasteiger partial charge in [-0.25, -0.2) is 8.42 Å². The molecule has 0 aliphatic rings. The van der Waals surface area contributed by atoms with Crippen molar-refractivity contribution >= 4 is 27.1 Å². The van der Waals surface area contributed by atoms with Crippen LogP contribution in [-0.2, 0) is 16.4 Å². The predicted octanol–water partition coefficient (Wildman–Crippen LogP) is 4.72. The number of aryl methyl sites for hydroxylation is 2. The lowest BCUT2D eigenvalue weighted by atomic mass is 10.2. The van der Waals surface area contributed by atoms with Gasteiger partial charge in [-0.05, 0) is 55.3 Å². The standard InChI is InChI=1S/C21H22N2O2S/c1-17-7-9-19(10-8-17)22-20-11-13-21(14-12-20)23-26(24,25)16-15-18-5-3-2-4-6-18/h2-14,22-23H,15-16H2,1H3. The van der Waals surface area contributed by atoms with E-state index in [0.717, 1.165) is 16.9 Å². The van der Waals surface area contributed by atoms with Crippen molar-refractivity contribution in [2.45, 2.75) is 13.3 Å². The van der Waals surface area contributed by atoms with Crippen LogP contribution in [0, 0.1) is 6.92 Å². The Morgan fingerprint density at radius 1 is 0.731 bits per heavy atom. The minimum absolute atomic E-state index is 0.0559. The summed E-state index contributed by atoms with van der Waals surface area (Å²) in [5, 5.41) is 3.29. The molecule has 0 atom stereocenters. The highest BCUT2D eigenvalue weighted by Crippen LogP contribution is 2.20. The third-order valence-corrected chi connectivity index (χ3v) is 5.29. The van der Waals surface area contributed by atoms with E-state index in [0.29, 0.717) is 12.1 Å². The SMILES string of the molecule is Cc1ccc(Nc2ccc(NS(=O)(=O)CCc3ccccc3)cc2)cc1. The number of nitrogens with one attached hydrogen (secondary N) is 2. The Bertz CT molecular complexity index is 936. The minimum atomic E-state index is -3.38. The molecular formula is C21H22N2O2S. The molecule has 0 heterocycles. The van der Waals surface area contributed by atoms with E-state index < -0.39 is 10.0 Å². The minimum Gasteiger partial charge on any atom is -0.356 e. The van der Waals surface area contributed by atoms with Crippen molar-refractivity contribution in [3.05, 3.63) is 90.0 Å². The quantitative estimate of drug-likeness (QED) is 0.636. The molecule has 0 fully saturated rings. The topological polar surface area (TPSA) is 58.2 Å². The van der Waals surface area contributed by atoms with Gasteiger partial charge in [0.15, 0.2) is 0 Å². The van der Waals surface area contributed by atoms with Crippen molar-refractivity contribution in [1.82, 2.24) is 0 Å². The zero-order chi connectivity index (χ0) is 18.4. The van der Waals surface area contributed by atoms with Crippen LogP contribution in [0.4, 0.5) is 17.1 Å². The van der Waals surface area contributed by atoms with Gasteiger partial charge in [0.1, 0.15) is 0 Å². The van der Waals surface area contributed by atoms with E-state index in [4.69, 9.17) is 0 Å². The fourth-order valence-corrected chi connectivity index (χ4v) is 3.65. The molecule has 0 aliphatic carbocycles. The van der Waals surface area contributed by atoms with Gasteiger partial charge in [0.2, 0.25) is 10.0 Å². The summed E-state index contributed by atoms with van der Waals surface area (Å²) in [5.41, 5.74) is 4.67. The molecule has 0 spiro atoms. The third kappa shape index (κ3) is 5.36. The predicted molar refractivity (Wildman–Crippen MR) is 108 cm³/mol. The highest BCUT2D eigenvalue weighted by molar-refractivity contribution is 7.92. The monoisotopic (exact) mass is 366 g/mol. The van der Waals surface area contributed by atoms with Gasteiger partial charge in [0.25, 0.3) is 0 Å². The van der Waals surface area contributed by atoms with Crippen molar-refractivity contribution in [1.29, 1.82) is 0 Å². The maximum atomic E-state index is 12.3. The van der Waals surface area contributed by atoms with Crippen LogP contribution in [0.25, 0.3) is 0 Å². The second-order valence-corrected chi connectivity index (χ2v) is 8.07. The lowest BCUT2D eigenvalue weighted by Crippen LogP contribution is -2.18. The van der Waals surface area contributed by atoms with Gasteiger partial charge in [0, 0.05) is 17.1 Å². The number of anilines is 3. The summed E-state index contributed by atoms with van der Waals surface area (Å²) in [5.74, 6) is 0.0559. The van der Waals surface area contributed by atoms with Crippen LogP contribution in [0.15, 0.2) is 78.9 Å². The van der Waals surface area contributed by atoms with Crippen molar-refractivity contribution in [3.63, 3.8) is 0 Å². The number of benzene rings is 3. The molecule has 0 saturated carbocycles. The maximum Gasteiger partial charge on any atom is 0.233 e. The first-order valence-electron chi connectivity index (χ1n) is 8.48. The first-order chi connectivity index (χ1) is 12.5. The van der Waals surface area contributed by atoms with E-state index in [2.05, 4.69) is 10.0 Å². The summed E-state index contributed by atoms with van der Waals surface area (Å²) in [6.07, 6.45) is 0.489. The molecule has 2 N–H and O–H groups in total. The van der Waals surface area contributed by atoms with E-state index in [-0.39, 0.29) is 5.75 Å². The van der Waals surface area contributed by atoms with E-state index in [1.807, 2.05) is 73.7 Å². The van der Waals surface area contributed by atoms with Gasteiger partial charge < -0.3 is 5.32 Å². The molecule has 134 valence electrons. The van der Waals surface area contributed by atoms with Crippen molar-refractivity contribution < 1.29 is 8.42 Å². The first kappa shape index (κ1) is 18.0. The molecule has 3 aromatic carbocycles. The summed E-state index contributed by atoms with van der Waals surface area (Å²) < 4.78 is 27.1. The van der Waals surface area contributed by atoms with Crippen LogP contribution in [-0.4, -0.2) is 14.2 Å². The molecule has 5 heteroatoms. The van der Waals surface area contributed by atoms with Gasteiger partial charge in [-0.15, -0.1) is 0 Å². The third-order valence-electron chi connectivity index (χ3n) is 4.00. The largest absolute Gasteiger partial charge is 0.356 e. The molecule has 4 nitrogen and oxygen atoms in total. The summed E-state index contributed by atoms with van der Waals surface area (Å²) in [7, 11) is -3.38. The Kier molecular flexibility index (Phi) is 5.58. The van der Waals surface area contributed by atoms with Gasteiger partial charge in [0.05, 0.1) is 5.75 Å². The summed E-state index contributed by atoms with van der Waals surface area (Å²) >= 11 is 0. The molecule has 0 saturated heterocycles. The molecule has 3 aromatic rings. The fourth-order valence-electron chi connectivity index (χ4n) is 2.55. The number of rotatable bonds is 7. The molecule has 3 rings (SSSR count). The van der Waals surface area contributed by atoms with Gasteiger partial charge >= 0.3 is 0 Å². The zero-order valence-corrected chi connectivity index (χ0v) is 15.5. The van der Waals surface area contributed by atoms with E-state index in [1.54, 1.807) is 12.1 Å². The van der Waals surface area contributed by atoms with Gasteiger partial charge in [-0.3, -0.25) is 4.72 Å². The van der Waals surface area contributed by atoms with Crippen LogP contribution in [0.5, 0.6) is 0 Å². The summed E-state index contributed by atoms with van der Waals surface area (Å²) in [6, 6.07) is 24.9. The average Bonchev–Trinajstić information content (AvgIpc) is 2.64. The molecule has 0 radical (unpaired) electrons. The van der Waals surface area contributed by atoms with E-state index in [1.165, 1.54) is 5.56 Å². The van der Waals surface area contributed by atoms with Crippen LogP contribution < -0.4 is 10.0 Å². The van der Waals surface area contributed by atoms with Crippen molar-refractivity contribution in [2.75, 3.05) is 15.8 Å². The zero-order valence-electron chi connectivity index (χ0n) is 14.6.